The van der Waals surface area contributed by atoms with Gasteiger partial charge in [0.15, 0.2) is 0 Å². The summed E-state index contributed by atoms with van der Waals surface area (Å²) in [5, 5.41) is 2.86. The molecule has 3 rings (SSSR count). The molecule has 1 N–H and O–H groups in total. The first-order valence-electron chi connectivity index (χ1n) is 7.07. The summed E-state index contributed by atoms with van der Waals surface area (Å²) in [6, 6.07) is 16.9. The number of amides is 1. The van der Waals surface area contributed by atoms with E-state index in [1.807, 2.05) is 54.6 Å². The van der Waals surface area contributed by atoms with Crippen LogP contribution in [0.2, 0.25) is 0 Å². The van der Waals surface area contributed by atoms with E-state index in [0.717, 1.165) is 30.0 Å². The molecule has 0 radical (unpaired) electrons. The maximum atomic E-state index is 11.9. The van der Waals surface area contributed by atoms with Crippen molar-refractivity contribution in [2.75, 3.05) is 11.9 Å². The van der Waals surface area contributed by atoms with Crippen LogP contribution in [0.4, 0.5) is 5.69 Å². The van der Waals surface area contributed by atoms with Crippen molar-refractivity contribution in [2.45, 2.75) is 18.9 Å². The Balaban J connectivity index is 1.60. The van der Waals surface area contributed by atoms with E-state index in [0.29, 0.717) is 6.61 Å². The zero-order chi connectivity index (χ0) is 14.5. The Hall–Kier alpha value is -2.33. The van der Waals surface area contributed by atoms with Gasteiger partial charge in [0.25, 0.3) is 5.91 Å². The lowest BCUT2D eigenvalue weighted by molar-refractivity contribution is -0.124. The molecular formula is C17H17NO3. The van der Waals surface area contributed by atoms with Crippen molar-refractivity contribution >= 4 is 11.6 Å². The van der Waals surface area contributed by atoms with Gasteiger partial charge in [-0.05, 0) is 49.2 Å². The van der Waals surface area contributed by atoms with Crippen LogP contribution in [-0.4, -0.2) is 18.6 Å². The number of hydrogen-bond acceptors (Lipinski definition) is 3. The molecular weight excluding hydrogens is 266 g/mol. The van der Waals surface area contributed by atoms with Gasteiger partial charge in [-0.3, -0.25) is 4.79 Å². The van der Waals surface area contributed by atoms with Gasteiger partial charge in [-0.15, -0.1) is 0 Å². The topological polar surface area (TPSA) is 47.6 Å². The molecule has 21 heavy (non-hydrogen) atoms. The molecule has 0 aromatic heterocycles. The molecule has 2 aromatic carbocycles. The van der Waals surface area contributed by atoms with Gasteiger partial charge in [-0.1, -0.05) is 18.2 Å². The molecule has 1 saturated heterocycles. The van der Waals surface area contributed by atoms with Gasteiger partial charge in [-0.2, -0.15) is 0 Å². The molecule has 4 nitrogen and oxygen atoms in total. The lowest BCUT2D eigenvalue weighted by Crippen LogP contribution is -2.26. The summed E-state index contributed by atoms with van der Waals surface area (Å²) in [6.07, 6.45) is 1.42. The lowest BCUT2D eigenvalue weighted by atomic mass is 10.2. The second kappa shape index (κ2) is 6.41. The minimum atomic E-state index is -0.315. The van der Waals surface area contributed by atoms with Crippen LogP contribution in [0.3, 0.4) is 0 Å². The van der Waals surface area contributed by atoms with Crippen molar-refractivity contribution in [3.63, 3.8) is 0 Å². The predicted molar refractivity (Wildman–Crippen MR) is 80.6 cm³/mol. The molecule has 1 amide bonds. The summed E-state index contributed by atoms with van der Waals surface area (Å²) in [7, 11) is 0. The second-order valence-electron chi connectivity index (χ2n) is 4.93. The normalized spacial score (nSPS) is 17.4. The molecule has 2 aromatic rings. The number of benzene rings is 2. The molecule has 4 heteroatoms. The van der Waals surface area contributed by atoms with Crippen molar-refractivity contribution in [3.05, 3.63) is 54.6 Å². The first kappa shape index (κ1) is 13.6. The smallest absolute Gasteiger partial charge is 0.253 e. The van der Waals surface area contributed by atoms with Gasteiger partial charge in [0, 0.05) is 12.3 Å². The van der Waals surface area contributed by atoms with Gasteiger partial charge < -0.3 is 14.8 Å². The Labute approximate surface area is 123 Å². The zero-order valence-electron chi connectivity index (χ0n) is 11.6. The Kier molecular flexibility index (Phi) is 4.17. The molecule has 1 aliphatic heterocycles. The fourth-order valence-electron chi connectivity index (χ4n) is 2.24. The highest BCUT2D eigenvalue weighted by Gasteiger charge is 2.23. The molecule has 1 heterocycles. The van der Waals surface area contributed by atoms with Crippen molar-refractivity contribution in [3.8, 4) is 11.5 Å². The molecule has 1 atom stereocenters. The number of carbonyl (C=O) groups excluding carboxylic acids is 1. The molecule has 108 valence electrons. The van der Waals surface area contributed by atoms with Crippen molar-refractivity contribution in [1.29, 1.82) is 0 Å². The fourth-order valence-corrected chi connectivity index (χ4v) is 2.24. The monoisotopic (exact) mass is 283 g/mol. The highest BCUT2D eigenvalue weighted by atomic mass is 16.5. The number of carbonyl (C=O) groups is 1. The number of para-hydroxylation sites is 1. The zero-order valence-corrected chi connectivity index (χ0v) is 11.6. The number of hydrogen-bond donors (Lipinski definition) is 1. The van der Waals surface area contributed by atoms with E-state index in [2.05, 4.69) is 5.32 Å². The van der Waals surface area contributed by atoms with E-state index < -0.39 is 0 Å². The van der Waals surface area contributed by atoms with Crippen LogP contribution in [0.15, 0.2) is 54.6 Å². The fraction of sp³-hybridized carbons (Fsp3) is 0.235. The van der Waals surface area contributed by atoms with Crippen LogP contribution >= 0.6 is 0 Å². The highest BCUT2D eigenvalue weighted by Crippen LogP contribution is 2.23. The average Bonchev–Trinajstić information content (AvgIpc) is 3.05. The summed E-state index contributed by atoms with van der Waals surface area (Å²) in [4.78, 5) is 11.9. The SMILES string of the molecule is O=C(Nc1ccc(Oc2ccccc2)cc1)[C@@H]1CCCO1. The van der Waals surface area contributed by atoms with E-state index in [1.54, 1.807) is 0 Å². The van der Waals surface area contributed by atoms with Gasteiger partial charge >= 0.3 is 0 Å². The maximum absolute atomic E-state index is 11.9. The summed E-state index contributed by atoms with van der Waals surface area (Å²) < 4.78 is 11.1. The summed E-state index contributed by atoms with van der Waals surface area (Å²) in [6.45, 7) is 0.669. The molecule has 0 spiro atoms. The van der Waals surface area contributed by atoms with E-state index in [4.69, 9.17) is 9.47 Å². The minimum absolute atomic E-state index is 0.0794. The predicted octanol–water partition coefficient (Wildman–Crippen LogP) is 3.60. The standard InChI is InChI=1S/C17H17NO3/c19-17(16-7-4-12-20-16)18-13-8-10-15(11-9-13)21-14-5-2-1-3-6-14/h1-3,5-6,8-11,16H,4,7,12H2,(H,18,19)/t16-/m0/s1. The van der Waals surface area contributed by atoms with Crippen molar-refractivity contribution < 1.29 is 14.3 Å². The third kappa shape index (κ3) is 3.61. The van der Waals surface area contributed by atoms with Crippen LogP contribution in [0.25, 0.3) is 0 Å². The van der Waals surface area contributed by atoms with Crippen LogP contribution in [0.1, 0.15) is 12.8 Å². The summed E-state index contributed by atoms with van der Waals surface area (Å²) in [5.41, 5.74) is 0.746. The third-order valence-corrected chi connectivity index (χ3v) is 3.32. The average molecular weight is 283 g/mol. The molecule has 0 aliphatic carbocycles. The van der Waals surface area contributed by atoms with E-state index in [1.165, 1.54) is 0 Å². The summed E-state index contributed by atoms with van der Waals surface area (Å²) >= 11 is 0. The molecule has 0 saturated carbocycles. The quantitative estimate of drug-likeness (QED) is 0.932. The van der Waals surface area contributed by atoms with Crippen LogP contribution in [0, 0.1) is 0 Å². The molecule has 0 bridgehead atoms. The Morgan fingerprint density at radius 2 is 1.76 bits per heavy atom. The Morgan fingerprint density at radius 3 is 2.43 bits per heavy atom. The molecule has 0 unspecified atom stereocenters. The first-order chi connectivity index (χ1) is 10.3. The Morgan fingerprint density at radius 1 is 1.05 bits per heavy atom. The Bertz CT molecular complexity index is 589. The largest absolute Gasteiger partial charge is 0.457 e. The van der Waals surface area contributed by atoms with Gasteiger partial charge in [0.2, 0.25) is 0 Å². The number of anilines is 1. The highest BCUT2D eigenvalue weighted by molar-refractivity contribution is 5.94. The van der Waals surface area contributed by atoms with E-state index in [9.17, 15) is 4.79 Å². The van der Waals surface area contributed by atoms with Gasteiger partial charge in [0.05, 0.1) is 0 Å². The lowest BCUT2D eigenvalue weighted by Gasteiger charge is -2.11. The van der Waals surface area contributed by atoms with E-state index >= 15 is 0 Å². The van der Waals surface area contributed by atoms with Crippen LogP contribution in [-0.2, 0) is 9.53 Å². The second-order valence-corrected chi connectivity index (χ2v) is 4.93. The van der Waals surface area contributed by atoms with E-state index in [-0.39, 0.29) is 12.0 Å². The van der Waals surface area contributed by atoms with Crippen LogP contribution in [0.5, 0.6) is 11.5 Å². The summed E-state index contributed by atoms with van der Waals surface area (Å²) in [5.74, 6) is 1.44. The number of rotatable bonds is 4. The van der Waals surface area contributed by atoms with Crippen LogP contribution < -0.4 is 10.1 Å². The first-order valence-corrected chi connectivity index (χ1v) is 7.07. The number of ether oxygens (including phenoxy) is 2. The van der Waals surface area contributed by atoms with Gasteiger partial charge in [-0.25, -0.2) is 0 Å². The minimum Gasteiger partial charge on any atom is -0.457 e. The van der Waals surface area contributed by atoms with Gasteiger partial charge in [0.1, 0.15) is 17.6 Å². The molecule has 1 fully saturated rings. The maximum Gasteiger partial charge on any atom is 0.253 e. The van der Waals surface area contributed by atoms with Crippen molar-refractivity contribution in [2.24, 2.45) is 0 Å². The number of nitrogens with one attached hydrogen (secondary N) is 1. The molecule has 1 aliphatic rings. The third-order valence-electron chi connectivity index (χ3n) is 3.32. The van der Waals surface area contributed by atoms with Crippen molar-refractivity contribution in [1.82, 2.24) is 0 Å².